The second-order valence-electron chi connectivity index (χ2n) is 8.71. The molecule has 1 aromatic carbocycles. The van der Waals surface area contributed by atoms with E-state index in [1.54, 1.807) is 0 Å². The molecule has 7 unspecified atom stereocenters. The van der Waals surface area contributed by atoms with Crippen LogP contribution in [0, 0.1) is 45.6 Å². The number of Topliss-reactive ketones (excluding diaryl/α,β-unsaturated/α-hetero) is 1. The van der Waals surface area contributed by atoms with Crippen LogP contribution in [0.5, 0.6) is 0 Å². The van der Waals surface area contributed by atoms with Crippen molar-refractivity contribution in [2.24, 2.45) is 35.5 Å². The highest BCUT2D eigenvalue weighted by Gasteiger charge is 2.67. The molecule has 0 spiro atoms. The van der Waals surface area contributed by atoms with Crippen LogP contribution in [0.25, 0.3) is 0 Å². The number of hydrogen-bond acceptors (Lipinski definition) is 7. The number of likely N-dealkylation sites (tertiary alicyclic amines) is 1. The fourth-order valence-electron chi connectivity index (χ4n) is 5.58. The Morgan fingerprint density at radius 2 is 1.65 bits per heavy atom. The van der Waals surface area contributed by atoms with Gasteiger partial charge in [0, 0.05) is 17.7 Å². The molecule has 9 nitrogen and oxygen atoms in total. The highest BCUT2D eigenvalue weighted by atomic mass is 16.6. The van der Waals surface area contributed by atoms with Gasteiger partial charge in [-0.2, -0.15) is 0 Å². The van der Waals surface area contributed by atoms with Crippen molar-refractivity contribution >= 4 is 29.3 Å². The van der Waals surface area contributed by atoms with E-state index in [1.807, 2.05) is 0 Å². The number of esters is 1. The largest absolute Gasteiger partial charge is 0.456 e. The summed E-state index contributed by atoms with van der Waals surface area (Å²) in [4.78, 5) is 62.0. The summed E-state index contributed by atoms with van der Waals surface area (Å²) >= 11 is 0. The summed E-state index contributed by atoms with van der Waals surface area (Å²) in [5.41, 5.74) is 0.00283. The number of hydrogen-bond donors (Lipinski definition) is 0. The smallest absolute Gasteiger partial charge is 0.329 e. The zero-order chi connectivity index (χ0) is 22.0. The number of nitrogens with zero attached hydrogens (tertiary/aromatic N) is 2. The summed E-state index contributed by atoms with van der Waals surface area (Å²) < 4.78 is 5.08. The van der Waals surface area contributed by atoms with E-state index in [2.05, 4.69) is 12.2 Å². The number of imide groups is 1. The average Bonchev–Trinajstić information content (AvgIpc) is 3.55. The highest BCUT2D eigenvalue weighted by Crippen LogP contribution is 2.65. The Morgan fingerprint density at radius 1 is 1.10 bits per heavy atom. The molecule has 9 heteroatoms. The number of ketones is 1. The lowest BCUT2D eigenvalue weighted by Gasteiger charge is -2.37. The predicted octanol–water partition coefficient (Wildman–Crippen LogP) is 1.76. The summed E-state index contributed by atoms with van der Waals surface area (Å²) in [5, 5.41) is 10.7. The van der Waals surface area contributed by atoms with Crippen LogP contribution < -0.4 is 0 Å². The fraction of sp³-hybridized carbons (Fsp3) is 0.455. The minimum atomic E-state index is -1.12. The fourth-order valence-corrected chi connectivity index (χ4v) is 5.58. The lowest BCUT2D eigenvalue weighted by atomic mass is 9.63. The van der Waals surface area contributed by atoms with Gasteiger partial charge in [0.25, 0.3) is 5.69 Å². The molecule has 2 amide bonds. The van der Waals surface area contributed by atoms with Gasteiger partial charge >= 0.3 is 5.97 Å². The Balaban J connectivity index is 1.23. The van der Waals surface area contributed by atoms with Crippen LogP contribution in [0.2, 0.25) is 0 Å². The molecule has 31 heavy (non-hydrogen) atoms. The normalized spacial score (nSPS) is 33.0. The molecule has 0 aromatic heterocycles. The Kier molecular flexibility index (Phi) is 4.32. The van der Waals surface area contributed by atoms with Crippen LogP contribution in [0.1, 0.15) is 23.7 Å². The Morgan fingerprint density at radius 3 is 2.16 bits per heavy atom. The number of rotatable bonds is 6. The molecule has 160 valence electrons. The number of benzene rings is 1. The second-order valence-corrected chi connectivity index (χ2v) is 8.71. The predicted molar refractivity (Wildman–Crippen MR) is 104 cm³/mol. The number of nitro groups is 1. The monoisotopic (exact) mass is 424 g/mol. The van der Waals surface area contributed by atoms with Crippen LogP contribution in [0.15, 0.2) is 36.4 Å². The third-order valence-corrected chi connectivity index (χ3v) is 7.17. The number of non-ortho nitro benzene ring substituents is 1. The van der Waals surface area contributed by atoms with E-state index in [4.69, 9.17) is 4.74 Å². The summed E-state index contributed by atoms with van der Waals surface area (Å²) in [7, 11) is 0. The highest BCUT2D eigenvalue weighted by molar-refractivity contribution is 6.09. The summed E-state index contributed by atoms with van der Waals surface area (Å²) in [6, 6.07) is 3.82. The van der Waals surface area contributed by atoms with Crippen molar-refractivity contribution < 1.29 is 28.8 Å². The molecule has 3 fully saturated rings. The molecular weight excluding hydrogens is 404 g/mol. The topological polar surface area (TPSA) is 124 Å². The molecule has 6 rings (SSSR count). The van der Waals surface area contributed by atoms with Gasteiger partial charge in [-0.3, -0.25) is 29.4 Å². The Bertz CT molecular complexity index is 1010. The van der Waals surface area contributed by atoms with Crippen LogP contribution in [0.3, 0.4) is 0 Å². The molecule has 1 aliphatic heterocycles. The minimum Gasteiger partial charge on any atom is -0.456 e. The first kappa shape index (κ1) is 19.6. The summed E-state index contributed by atoms with van der Waals surface area (Å²) in [5.74, 6) is -1.76. The minimum absolute atomic E-state index is 0.0633. The summed E-state index contributed by atoms with van der Waals surface area (Å²) in [6.07, 6.45) is 5.17. The quantitative estimate of drug-likeness (QED) is 0.170. The molecule has 2 bridgehead atoms. The first-order valence-corrected chi connectivity index (χ1v) is 10.3. The van der Waals surface area contributed by atoms with Gasteiger partial charge in [0.15, 0.2) is 12.4 Å². The van der Waals surface area contributed by atoms with E-state index in [0.717, 1.165) is 11.3 Å². The van der Waals surface area contributed by atoms with Crippen molar-refractivity contribution in [1.29, 1.82) is 0 Å². The second kappa shape index (κ2) is 6.83. The van der Waals surface area contributed by atoms with E-state index in [0.29, 0.717) is 11.8 Å². The number of carbonyl (C=O) groups is 4. The van der Waals surface area contributed by atoms with Crippen molar-refractivity contribution in [1.82, 2.24) is 4.90 Å². The Hall–Kier alpha value is -3.36. The molecule has 5 aliphatic rings. The van der Waals surface area contributed by atoms with Crippen LogP contribution in [0.4, 0.5) is 5.69 Å². The van der Waals surface area contributed by atoms with Crippen LogP contribution in [-0.4, -0.2) is 46.0 Å². The maximum absolute atomic E-state index is 13.0. The van der Waals surface area contributed by atoms with E-state index < -0.39 is 41.2 Å². The first-order chi connectivity index (χ1) is 14.8. The molecule has 4 aliphatic carbocycles. The van der Waals surface area contributed by atoms with Gasteiger partial charge in [0.2, 0.25) is 11.8 Å². The lowest BCUT2D eigenvalue weighted by Crippen LogP contribution is -2.45. The average molecular weight is 424 g/mol. The SMILES string of the molecule is CC(C(=O)OCC(=O)c1ccc([N+](=O)[O-])cc1)N1C(=O)C2C3C=CC(C4CC34)C2C1=O. The van der Waals surface area contributed by atoms with Crippen molar-refractivity contribution in [2.75, 3.05) is 6.61 Å². The van der Waals surface area contributed by atoms with E-state index in [9.17, 15) is 29.3 Å². The van der Waals surface area contributed by atoms with Crippen molar-refractivity contribution in [2.45, 2.75) is 19.4 Å². The summed E-state index contributed by atoms with van der Waals surface area (Å²) in [6.45, 7) is 0.850. The third kappa shape index (κ3) is 2.90. The number of nitro benzene ring substituents is 1. The zero-order valence-electron chi connectivity index (χ0n) is 16.7. The molecule has 1 aromatic rings. The van der Waals surface area contributed by atoms with E-state index in [-0.39, 0.29) is 34.9 Å². The number of amides is 2. The van der Waals surface area contributed by atoms with Crippen LogP contribution in [-0.2, 0) is 19.1 Å². The van der Waals surface area contributed by atoms with Gasteiger partial charge in [-0.25, -0.2) is 4.79 Å². The molecule has 0 radical (unpaired) electrons. The molecule has 0 N–H and O–H groups in total. The van der Waals surface area contributed by atoms with Gasteiger partial charge in [-0.1, -0.05) is 12.2 Å². The number of allylic oxidation sites excluding steroid dienone is 2. The third-order valence-electron chi connectivity index (χ3n) is 7.17. The number of carbonyl (C=O) groups excluding carboxylic acids is 4. The van der Waals surface area contributed by atoms with Crippen molar-refractivity contribution in [3.8, 4) is 0 Å². The van der Waals surface area contributed by atoms with E-state index in [1.165, 1.54) is 31.2 Å². The molecule has 1 saturated heterocycles. The van der Waals surface area contributed by atoms with Crippen LogP contribution >= 0.6 is 0 Å². The van der Waals surface area contributed by atoms with Gasteiger partial charge < -0.3 is 4.74 Å². The Labute approximate surface area is 177 Å². The maximum atomic E-state index is 13.0. The van der Waals surface area contributed by atoms with Gasteiger partial charge in [0.05, 0.1) is 16.8 Å². The van der Waals surface area contributed by atoms with Crippen molar-refractivity contribution in [3.63, 3.8) is 0 Å². The zero-order valence-corrected chi connectivity index (χ0v) is 16.7. The molecule has 1 heterocycles. The van der Waals surface area contributed by atoms with Gasteiger partial charge in [-0.05, 0) is 49.1 Å². The van der Waals surface area contributed by atoms with E-state index >= 15 is 0 Å². The molecule has 7 atom stereocenters. The molecule has 2 saturated carbocycles. The molecular formula is C22H20N2O7. The lowest BCUT2D eigenvalue weighted by molar-refractivity contribution is -0.384. The first-order valence-electron chi connectivity index (χ1n) is 10.3. The standard InChI is InChI=1S/C22H20N2O7/c1-10(22(28)31-9-17(25)11-2-4-12(5-3-11)24(29)30)23-20(26)18-13-6-7-14(16-8-15(13)16)19(18)21(23)27/h2-7,10,13-16,18-19H,8-9H2,1H3. The van der Waals surface area contributed by atoms with Gasteiger partial charge in [0.1, 0.15) is 6.04 Å². The van der Waals surface area contributed by atoms with Crippen molar-refractivity contribution in [3.05, 3.63) is 52.1 Å². The number of ether oxygens (including phenoxy) is 1. The van der Waals surface area contributed by atoms with Gasteiger partial charge in [-0.15, -0.1) is 0 Å². The maximum Gasteiger partial charge on any atom is 0.329 e.